The van der Waals surface area contributed by atoms with Gasteiger partial charge >= 0.3 is 0 Å². The fraction of sp³-hybridized carbons (Fsp3) is 0.200. The predicted octanol–water partition coefficient (Wildman–Crippen LogP) is 2.17. The van der Waals surface area contributed by atoms with Crippen LogP contribution >= 0.6 is 0 Å². The summed E-state index contributed by atoms with van der Waals surface area (Å²) in [5.41, 5.74) is 6.55. The van der Waals surface area contributed by atoms with Gasteiger partial charge in [-0.25, -0.2) is 9.37 Å². The molecule has 1 heterocycles. The van der Waals surface area contributed by atoms with E-state index in [1.165, 1.54) is 29.3 Å². The van der Waals surface area contributed by atoms with Crippen molar-refractivity contribution in [2.24, 2.45) is 5.73 Å². The van der Waals surface area contributed by atoms with E-state index < -0.39 is 5.82 Å². The molecule has 2 rings (SSSR count). The van der Waals surface area contributed by atoms with Crippen LogP contribution in [0.1, 0.15) is 15.9 Å². The highest BCUT2D eigenvalue weighted by Crippen LogP contribution is 2.23. The Labute approximate surface area is 122 Å². The molecule has 0 unspecified atom stereocenters. The predicted molar refractivity (Wildman–Crippen MR) is 76.6 cm³/mol. The quantitative estimate of drug-likeness (QED) is 0.936. The van der Waals surface area contributed by atoms with Crippen LogP contribution in [-0.2, 0) is 6.54 Å². The number of amides is 1. The standard InChI is InChI=1S/C15H16FN3O2/c1-19(2)15(20)11-4-6-14(18-9-11)21-13-5-3-10(8-17)7-12(13)16/h3-7,9H,8,17H2,1-2H3. The van der Waals surface area contributed by atoms with Gasteiger partial charge in [-0.05, 0) is 23.8 Å². The molecule has 0 saturated heterocycles. The summed E-state index contributed by atoms with van der Waals surface area (Å²) in [6, 6.07) is 7.60. The van der Waals surface area contributed by atoms with Crippen LogP contribution in [0, 0.1) is 5.82 Å². The lowest BCUT2D eigenvalue weighted by atomic mass is 10.2. The van der Waals surface area contributed by atoms with E-state index in [4.69, 9.17) is 10.5 Å². The van der Waals surface area contributed by atoms with Gasteiger partial charge in [0.05, 0.1) is 5.56 Å². The first-order chi connectivity index (χ1) is 10.0. The maximum atomic E-state index is 13.8. The first kappa shape index (κ1) is 14.9. The van der Waals surface area contributed by atoms with Crippen molar-refractivity contribution in [1.29, 1.82) is 0 Å². The minimum atomic E-state index is -0.506. The second kappa shape index (κ2) is 6.32. The third-order valence-electron chi connectivity index (χ3n) is 2.84. The van der Waals surface area contributed by atoms with Crippen LogP contribution in [0.15, 0.2) is 36.5 Å². The number of carbonyl (C=O) groups excluding carboxylic acids is 1. The number of hydrogen-bond donors (Lipinski definition) is 1. The Morgan fingerprint density at radius 2 is 2.10 bits per heavy atom. The lowest BCUT2D eigenvalue weighted by molar-refractivity contribution is 0.0827. The molecule has 1 aromatic heterocycles. The smallest absolute Gasteiger partial charge is 0.254 e. The summed E-state index contributed by atoms with van der Waals surface area (Å²) in [5.74, 6) is -0.392. The second-order valence-electron chi connectivity index (χ2n) is 4.66. The second-order valence-corrected chi connectivity index (χ2v) is 4.66. The average molecular weight is 289 g/mol. The molecule has 21 heavy (non-hydrogen) atoms. The maximum absolute atomic E-state index is 13.8. The molecule has 1 aromatic carbocycles. The van der Waals surface area contributed by atoms with Gasteiger partial charge in [0, 0.05) is 32.9 Å². The van der Waals surface area contributed by atoms with Gasteiger partial charge in [0.1, 0.15) is 0 Å². The summed E-state index contributed by atoms with van der Waals surface area (Å²) in [5, 5.41) is 0. The molecule has 110 valence electrons. The normalized spacial score (nSPS) is 10.3. The topological polar surface area (TPSA) is 68.5 Å². The summed E-state index contributed by atoms with van der Waals surface area (Å²) >= 11 is 0. The van der Waals surface area contributed by atoms with Gasteiger partial charge in [0.25, 0.3) is 5.91 Å². The van der Waals surface area contributed by atoms with Crippen molar-refractivity contribution < 1.29 is 13.9 Å². The fourth-order valence-corrected chi connectivity index (χ4v) is 1.69. The minimum Gasteiger partial charge on any atom is -0.436 e. The molecule has 0 bridgehead atoms. The summed E-state index contributed by atoms with van der Waals surface area (Å²) in [6.07, 6.45) is 1.39. The fourth-order valence-electron chi connectivity index (χ4n) is 1.69. The third kappa shape index (κ3) is 3.55. The number of carbonyl (C=O) groups is 1. The Kier molecular flexibility index (Phi) is 4.49. The van der Waals surface area contributed by atoms with Gasteiger partial charge in [0.15, 0.2) is 11.6 Å². The van der Waals surface area contributed by atoms with Crippen LogP contribution in [0.5, 0.6) is 11.6 Å². The molecular formula is C15H16FN3O2. The van der Waals surface area contributed by atoms with Crippen molar-refractivity contribution in [3.8, 4) is 11.6 Å². The number of aromatic nitrogens is 1. The van der Waals surface area contributed by atoms with Gasteiger partial charge in [-0.3, -0.25) is 4.79 Å². The molecule has 1 amide bonds. The lowest BCUT2D eigenvalue weighted by Gasteiger charge is -2.10. The molecule has 2 aromatic rings. The summed E-state index contributed by atoms with van der Waals surface area (Å²) in [4.78, 5) is 17.2. The first-order valence-corrected chi connectivity index (χ1v) is 6.35. The molecule has 5 nitrogen and oxygen atoms in total. The number of nitrogens with zero attached hydrogens (tertiary/aromatic N) is 2. The Morgan fingerprint density at radius 3 is 2.62 bits per heavy atom. The summed E-state index contributed by atoms with van der Waals surface area (Å²) < 4.78 is 19.1. The highest BCUT2D eigenvalue weighted by molar-refractivity contribution is 5.93. The van der Waals surface area contributed by atoms with Crippen LogP contribution in [0.2, 0.25) is 0 Å². The Morgan fingerprint density at radius 1 is 1.33 bits per heavy atom. The van der Waals surface area contributed by atoms with E-state index in [-0.39, 0.29) is 24.1 Å². The summed E-state index contributed by atoms with van der Waals surface area (Å²) in [6.45, 7) is 0.261. The van der Waals surface area contributed by atoms with Crippen LogP contribution in [0.3, 0.4) is 0 Å². The molecule has 0 atom stereocenters. The number of benzene rings is 1. The van der Waals surface area contributed by atoms with Crippen molar-refractivity contribution in [2.75, 3.05) is 14.1 Å². The van der Waals surface area contributed by atoms with Gasteiger partial charge < -0.3 is 15.4 Å². The van der Waals surface area contributed by atoms with Gasteiger partial charge in [-0.1, -0.05) is 6.07 Å². The molecule has 6 heteroatoms. The average Bonchev–Trinajstić information content (AvgIpc) is 2.49. The molecule has 2 N–H and O–H groups in total. The van der Waals surface area contributed by atoms with E-state index in [1.807, 2.05) is 0 Å². The largest absolute Gasteiger partial charge is 0.436 e. The Balaban J connectivity index is 2.15. The van der Waals surface area contributed by atoms with Crippen LogP contribution in [0.4, 0.5) is 4.39 Å². The van der Waals surface area contributed by atoms with Crippen LogP contribution < -0.4 is 10.5 Å². The number of nitrogens with two attached hydrogens (primary N) is 1. The van der Waals surface area contributed by atoms with Crippen molar-refractivity contribution in [3.05, 3.63) is 53.5 Å². The van der Waals surface area contributed by atoms with Crippen LogP contribution in [-0.4, -0.2) is 29.9 Å². The molecule has 0 aliphatic heterocycles. The molecule has 0 fully saturated rings. The Hall–Kier alpha value is -2.47. The number of halogens is 1. The van der Waals surface area contributed by atoms with E-state index in [1.54, 1.807) is 26.2 Å². The Bertz CT molecular complexity index is 642. The van der Waals surface area contributed by atoms with Crippen molar-refractivity contribution in [1.82, 2.24) is 9.88 Å². The summed E-state index contributed by atoms with van der Waals surface area (Å²) in [7, 11) is 3.31. The van der Waals surface area contributed by atoms with Crippen molar-refractivity contribution >= 4 is 5.91 Å². The molecule has 0 radical (unpaired) electrons. The molecule has 0 saturated carbocycles. The van der Waals surface area contributed by atoms with E-state index >= 15 is 0 Å². The zero-order valence-corrected chi connectivity index (χ0v) is 11.8. The van der Waals surface area contributed by atoms with Gasteiger partial charge in [-0.15, -0.1) is 0 Å². The van der Waals surface area contributed by atoms with Crippen molar-refractivity contribution in [2.45, 2.75) is 6.54 Å². The number of hydrogen-bond acceptors (Lipinski definition) is 4. The van der Waals surface area contributed by atoms with Crippen molar-refractivity contribution in [3.63, 3.8) is 0 Å². The third-order valence-corrected chi connectivity index (χ3v) is 2.84. The number of rotatable bonds is 4. The van der Waals surface area contributed by atoms with Crippen LogP contribution in [0.25, 0.3) is 0 Å². The number of ether oxygens (including phenoxy) is 1. The minimum absolute atomic E-state index is 0.0615. The monoisotopic (exact) mass is 289 g/mol. The van der Waals surface area contributed by atoms with E-state index in [2.05, 4.69) is 4.98 Å². The van der Waals surface area contributed by atoms with E-state index in [9.17, 15) is 9.18 Å². The molecule has 0 spiro atoms. The van der Waals surface area contributed by atoms with Gasteiger partial charge in [0.2, 0.25) is 5.88 Å². The highest BCUT2D eigenvalue weighted by atomic mass is 19.1. The zero-order valence-electron chi connectivity index (χ0n) is 11.8. The number of pyridine rings is 1. The van der Waals surface area contributed by atoms with E-state index in [0.29, 0.717) is 11.1 Å². The first-order valence-electron chi connectivity index (χ1n) is 6.35. The maximum Gasteiger partial charge on any atom is 0.254 e. The molecular weight excluding hydrogens is 273 g/mol. The highest BCUT2D eigenvalue weighted by Gasteiger charge is 2.10. The van der Waals surface area contributed by atoms with E-state index in [0.717, 1.165) is 0 Å². The SMILES string of the molecule is CN(C)C(=O)c1ccc(Oc2ccc(CN)cc2F)nc1. The van der Waals surface area contributed by atoms with Gasteiger partial charge in [-0.2, -0.15) is 0 Å². The molecule has 0 aliphatic carbocycles. The lowest BCUT2D eigenvalue weighted by Crippen LogP contribution is -2.21. The zero-order chi connectivity index (χ0) is 15.4. The molecule has 0 aliphatic rings.